The lowest BCUT2D eigenvalue weighted by atomic mass is 9.67. The smallest absolute Gasteiger partial charge is 0.410 e. The van der Waals surface area contributed by atoms with Crippen LogP contribution in [0.1, 0.15) is 39.2 Å². The molecule has 3 rings (SSSR count). The van der Waals surface area contributed by atoms with Crippen LogP contribution in [0, 0.1) is 34.4 Å². The van der Waals surface area contributed by atoms with E-state index in [0.717, 1.165) is 18.4 Å². The van der Waals surface area contributed by atoms with Gasteiger partial charge in [-0.15, -0.1) is 0 Å². The maximum absolute atomic E-state index is 13.2. The number of hydrogen-bond acceptors (Lipinski definition) is 3. The highest BCUT2D eigenvalue weighted by atomic mass is 19.1. The Hall–Kier alpha value is -2.09. The third kappa shape index (κ3) is 3.49. The number of nitriles is 1. The largest absolute Gasteiger partial charge is 0.444 e. The lowest BCUT2D eigenvalue weighted by Crippen LogP contribution is -2.52. The van der Waals surface area contributed by atoms with E-state index in [1.54, 1.807) is 17.0 Å². The Kier molecular flexibility index (Phi) is 4.49. The Morgan fingerprint density at radius 2 is 1.84 bits per heavy atom. The average Bonchev–Trinajstić information content (AvgIpc) is 2.72. The summed E-state index contributed by atoms with van der Waals surface area (Å²) in [6.07, 6.45) is 2.20. The summed E-state index contributed by atoms with van der Waals surface area (Å²) in [6, 6.07) is 8.98. The number of piperidine rings is 1. The SMILES string of the molecule is CC(C)(C)OC(=O)N1CC2CCC(C1)C2(C#N)Cc1ccc(F)cc1. The molecule has 2 unspecified atom stereocenters. The first-order chi connectivity index (χ1) is 11.7. The van der Waals surface area contributed by atoms with Crippen LogP contribution in [-0.4, -0.2) is 29.7 Å². The molecule has 0 N–H and O–H groups in total. The summed E-state index contributed by atoms with van der Waals surface area (Å²) in [5, 5.41) is 9.99. The first-order valence-corrected chi connectivity index (χ1v) is 8.87. The third-order valence-corrected chi connectivity index (χ3v) is 5.47. The van der Waals surface area contributed by atoms with Gasteiger partial charge in [-0.2, -0.15) is 5.26 Å². The molecule has 5 heteroatoms. The van der Waals surface area contributed by atoms with E-state index in [9.17, 15) is 14.4 Å². The Morgan fingerprint density at radius 1 is 1.28 bits per heavy atom. The van der Waals surface area contributed by atoms with Gasteiger partial charge in [0.1, 0.15) is 11.4 Å². The fourth-order valence-corrected chi connectivity index (χ4v) is 4.29. The lowest BCUT2D eigenvalue weighted by molar-refractivity contribution is -0.00161. The van der Waals surface area contributed by atoms with Crippen molar-refractivity contribution in [3.8, 4) is 6.07 Å². The van der Waals surface area contributed by atoms with Crippen LogP contribution in [0.25, 0.3) is 0 Å². The molecular weight excluding hydrogens is 319 g/mol. The van der Waals surface area contributed by atoms with Crippen molar-refractivity contribution in [2.45, 2.75) is 45.6 Å². The monoisotopic (exact) mass is 344 g/mol. The number of benzene rings is 1. The van der Waals surface area contributed by atoms with Gasteiger partial charge in [-0.1, -0.05) is 12.1 Å². The first-order valence-electron chi connectivity index (χ1n) is 8.87. The van der Waals surface area contributed by atoms with Crippen LogP contribution in [0.3, 0.4) is 0 Å². The number of likely N-dealkylation sites (tertiary alicyclic amines) is 1. The third-order valence-electron chi connectivity index (χ3n) is 5.47. The van der Waals surface area contributed by atoms with Crippen molar-refractivity contribution >= 4 is 6.09 Å². The Balaban J connectivity index is 1.77. The number of hydrogen-bond donors (Lipinski definition) is 0. The topological polar surface area (TPSA) is 53.3 Å². The molecule has 1 aliphatic carbocycles. The number of fused-ring (bicyclic) bond motifs is 2. The van der Waals surface area contributed by atoms with Crippen LogP contribution >= 0.6 is 0 Å². The van der Waals surface area contributed by atoms with Crippen molar-refractivity contribution in [1.82, 2.24) is 4.90 Å². The molecule has 1 aromatic rings. The van der Waals surface area contributed by atoms with Gasteiger partial charge in [0, 0.05) is 13.1 Å². The van der Waals surface area contributed by atoms with E-state index in [2.05, 4.69) is 6.07 Å². The van der Waals surface area contributed by atoms with Crippen molar-refractivity contribution in [2.75, 3.05) is 13.1 Å². The molecule has 1 saturated carbocycles. The highest BCUT2D eigenvalue weighted by Crippen LogP contribution is 2.53. The maximum atomic E-state index is 13.2. The van der Waals surface area contributed by atoms with Crippen LogP contribution in [0.2, 0.25) is 0 Å². The summed E-state index contributed by atoms with van der Waals surface area (Å²) < 4.78 is 18.7. The van der Waals surface area contributed by atoms with E-state index < -0.39 is 11.0 Å². The van der Waals surface area contributed by atoms with Gasteiger partial charge in [0.2, 0.25) is 0 Å². The van der Waals surface area contributed by atoms with Crippen molar-refractivity contribution in [2.24, 2.45) is 17.3 Å². The average molecular weight is 344 g/mol. The van der Waals surface area contributed by atoms with Crippen molar-refractivity contribution in [3.05, 3.63) is 35.6 Å². The Morgan fingerprint density at radius 3 is 2.32 bits per heavy atom. The second-order valence-electron chi connectivity index (χ2n) is 8.31. The van der Waals surface area contributed by atoms with Crippen molar-refractivity contribution < 1.29 is 13.9 Å². The lowest BCUT2D eigenvalue weighted by Gasteiger charge is -2.43. The molecule has 4 nitrogen and oxygen atoms in total. The normalized spacial score (nSPS) is 28.5. The molecule has 134 valence electrons. The molecule has 1 aliphatic heterocycles. The number of amides is 1. The molecule has 1 saturated heterocycles. The number of carbonyl (C=O) groups is 1. The van der Waals surface area contributed by atoms with Gasteiger partial charge >= 0.3 is 6.09 Å². The minimum absolute atomic E-state index is 0.133. The van der Waals surface area contributed by atoms with Gasteiger partial charge in [-0.3, -0.25) is 0 Å². The highest BCUT2D eigenvalue weighted by molar-refractivity contribution is 5.68. The van der Waals surface area contributed by atoms with Gasteiger partial charge in [-0.25, -0.2) is 9.18 Å². The van der Waals surface area contributed by atoms with Crippen LogP contribution in [-0.2, 0) is 11.2 Å². The number of carbonyl (C=O) groups excluding carboxylic acids is 1. The molecule has 2 aliphatic rings. The molecule has 1 aromatic carbocycles. The van der Waals surface area contributed by atoms with Crippen molar-refractivity contribution in [3.63, 3.8) is 0 Å². The van der Waals surface area contributed by atoms with Gasteiger partial charge in [0.05, 0.1) is 11.5 Å². The summed E-state index contributed by atoms with van der Waals surface area (Å²) in [5.74, 6) is 0.000109. The molecule has 0 radical (unpaired) electrons. The van der Waals surface area contributed by atoms with E-state index in [4.69, 9.17) is 4.74 Å². The maximum Gasteiger partial charge on any atom is 0.410 e. The van der Waals surface area contributed by atoms with Crippen LogP contribution < -0.4 is 0 Å². The zero-order valence-corrected chi connectivity index (χ0v) is 15.1. The summed E-state index contributed by atoms with van der Waals surface area (Å²) in [6.45, 7) is 6.69. The van der Waals surface area contributed by atoms with E-state index in [-0.39, 0.29) is 23.7 Å². The van der Waals surface area contributed by atoms with Gasteiger partial charge < -0.3 is 9.64 Å². The van der Waals surface area contributed by atoms with E-state index in [0.29, 0.717) is 19.5 Å². The summed E-state index contributed by atoms with van der Waals surface area (Å²) in [5.41, 5.74) is -0.0183. The number of nitrogens with zero attached hydrogens (tertiary/aromatic N) is 2. The summed E-state index contributed by atoms with van der Waals surface area (Å²) >= 11 is 0. The molecule has 0 spiro atoms. The molecule has 1 heterocycles. The minimum Gasteiger partial charge on any atom is -0.444 e. The number of rotatable bonds is 2. The van der Waals surface area contributed by atoms with E-state index >= 15 is 0 Å². The van der Waals surface area contributed by atoms with Crippen LogP contribution in [0.5, 0.6) is 0 Å². The first kappa shape index (κ1) is 17.7. The van der Waals surface area contributed by atoms with Crippen LogP contribution in [0.4, 0.5) is 9.18 Å². The molecule has 0 aromatic heterocycles. The summed E-state index contributed by atoms with van der Waals surface area (Å²) in [7, 11) is 0. The Labute approximate surface area is 148 Å². The van der Waals surface area contributed by atoms with Crippen molar-refractivity contribution in [1.29, 1.82) is 5.26 Å². The second kappa shape index (κ2) is 6.33. The highest BCUT2D eigenvalue weighted by Gasteiger charge is 2.55. The standard InChI is InChI=1S/C20H25FN2O2/c1-19(2,3)25-18(24)23-11-15-6-7-16(12-23)20(15,13-22)10-14-4-8-17(21)9-5-14/h4-5,8-9,15-16H,6-7,10-12H2,1-3H3. The van der Waals surface area contributed by atoms with E-state index in [1.165, 1.54) is 12.1 Å². The zero-order valence-electron chi connectivity index (χ0n) is 15.1. The molecule has 2 atom stereocenters. The second-order valence-corrected chi connectivity index (χ2v) is 8.31. The van der Waals surface area contributed by atoms with Gasteiger partial charge in [0.25, 0.3) is 0 Å². The zero-order chi connectivity index (χ0) is 18.2. The summed E-state index contributed by atoms with van der Waals surface area (Å²) in [4.78, 5) is 14.2. The van der Waals surface area contributed by atoms with Gasteiger partial charge in [-0.05, 0) is 69.6 Å². The van der Waals surface area contributed by atoms with Gasteiger partial charge in [0.15, 0.2) is 0 Å². The fraction of sp³-hybridized carbons (Fsp3) is 0.600. The number of halogens is 1. The Bertz CT molecular complexity index is 673. The molecule has 2 fully saturated rings. The van der Waals surface area contributed by atoms with E-state index in [1.807, 2.05) is 20.8 Å². The molecular formula is C20H25FN2O2. The molecule has 25 heavy (non-hydrogen) atoms. The predicted molar refractivity (Wildman–Crippen MR) is 92.2 cm³/mol. The molecule has 1 amide bonds. The minimum atomic E-state index is -0.520. The fourth-order valence-electron chi connectivity index (χ4n) is 4.29. The molecule has 2 bridgehead atoms. The predicted octanol–water partition coefficient (Wildman–Crippen LogP) is 4.16. The number of ether oxygens (including phenoxy) is 1. The quantitative estimate of drug-likeness (QED) is 0.810. The van der Waals surface area contributed by atoms with Crippen LogP contribution in [0.15, 0.2) is 24.3 Å².